The average Bonchev–Trinajstić information content (AvgIpc) is 2.79. The molecule has 1 amide bonds. The standard InChI is InChI=1S/C19H25FN2O4/c1-18(2,3)26-17(25)21-8-6-19(7-9-21)12-22(11-16(23)24)15-5-4-13(20)10-14(15)19/h4-5,10H,6-9,11-12H2,1-3H3,(H,23,24). The Hall–Kier alpha value is -2.31. The fraction of sp³-hybridized carbons (Fsp3) is 0.579. The lowest BCUT2D eigenvalue weighted by atomic mass is 9.74. The summed E-state index contributed by atoms with van der Waals surface area (Å²) >= 11 is 0. The van der Waals surface area contributed by atoms with E-state index in [0.29, 0.717) is 32.5 Å². The number of hydrogen-bond donors (Lipinski definition) is 1. The van der Waals surface area contributed by atoms with E-state index in [1.807, 2.05) is 20.8 Å². The Morgan fingerprint density at radius 3 is 2.50 bits per heavy atom. The normalized spacial score (nSPS) is 18.8. The van der Waals surface area contributed by atoms with Crippen molar-refractivity contribution in [3.05, 3.63) is 29.6 Å². The summed E-state index contributed by atoms with van der Waals surface area (Å²) in [6.07, 6.45) is 0.963. The third-order valence-electron chi connectivity index (χ3n) is 5.06. The van der Waals surface area contributed by atoms with Crippen LogP contribution in [0.2, 0.25) is 0 Å². The molecule has 1 saturated heterocycles. The maximum atomic E-state index is 13.9. The molecule has 6 nitrogen and oxygen atoms in total. The number of nitrogens with zero attached hydrogens (tertiary/aromatic N) is 2. The SMILES string of the molecule is CC(C)(C)OC(=O)N1CCC2(CC1)CN(CC(=O)O)c1ccc(F)cc12. The Morgan fingerprint density at radius 2 is 1.92 bits per heavy atom. The lowest BCUT2D eigenvalue weighted by molar-refractivity contribution is -0.135. The largest absolute Gasteiger partial charge is 0.480 e. The van der Waals surface area contributed by atoms with Crippen LogP contribution in [0.15, 0.2) is 18.2 Å². The Labute approximate surface area is 152 Å². The molecule has 0 unspecified atom stereocenters. The first-order valence-electron chi connectivity index (χ1n) is 8.84. The molecule has 7 heteroatoms. The summed E-state index contributed by atoms with van der Waals surface area (Å²) in [5.74, 6) is -1.24. The van der Waals surface area contributed by atoms with Gasteiger partial charge < -0.3 is 19.6 Å². The van der Waals surface area contributed by atoms with Gasteiger partial charge in [-0.15, -0.1) is 0 Å². The van der Waals surface area contributed by atoms with Crippen molar-refractivity contribution in [3.63, 3.8) is 0 Å². The van der Waals surface area contributed by atoms with E-state index in [0.717, 1.165) is 11.3 Å². The van der Waals surface area contributed by atoms with Crippen LogP contribution in [0.3, 0.4) is 0 Å². The number of carboxylic acids is 1. The molecule has 1 aromatic carbocycles. The summed E-state index contributed by atoms with van der Waals surface area (Å²) in [4.78, 5) is 26.9. The number of carbonyl (C=O) groups is 2. The van der Waals surface area contributed by atoms with Crippen LogP contribution in [0.5, 0.6) is 0 Å². The minimum atomic E-state index is -0.913. The van der Waals surface area contributed by atoms with Crippen molar-refractivity contribution in [2.24, 2.45) is 0 Å². The molecule has 142 valence electrons. The topological polar surface area (TPSA) is 70.1 Å². The summed E-state index contributed by atoms with van der Waals surface area (Å²) in [5, 5.41) is 9.18. The van der Waals surface area contributed by atoms with E-state index in [1.165, 1.54) is 12.1 Å². The quantitative estimate of drug-likeness (QED) is 0.874. The lowest BCUT2D eigenvalue weighted by Crippen LogP contribution is -2.48. The van der Waals surface area contributed by atoms with E-state index < -0.39 is 11.6 Å². The van der Waals surface area contributed by atoms with Crippen molar-refractivity contribution in [1.29, 1.82) is 0 Å². The highest BCUT2D eigenvalue weighted by Gasteiger charge is 2.46. The van der Waals surface area contributed by atoms with Gasteiger partial charge in [-0.25, -0.2) is 9.18 Å². The van der Waals surface area contributed by atoms with Crippen LogP contribution in [-0.2, 0) is 14.9 Å². The number of halogens is 1. The van der Waals surface area contributed by atoms with Gasteiger partial charge in [0.25, 0.3) is 0 Å². The number of aliphatic carboxylic acids is 1. The second-order valence-corrected chi connectivity index (χ2v) is 8.16. The zero-order valence-corrected chi connectivity index (χ0v) is 15.4. The highest BCUT2D eigenvalue weighted by Crippen LogP contribution is 2.47. The summed E-state index contributed by atoms with van der Waals surface area (Å²) in [6, 6.07) is 4.53. The van der Waals surface area contributed by atoms with E-state index in [-0.39, 0.29) is 23.9 Å². The average molecular weight is 364 g/mol. The molecular formula is C19H25FN2O4. The van der Waals surface area contributed by atoms with E-state index in [2.05, 4.69) is 0 Å². The monoisotopic (exact) mass is 364 g/mol. The van der Waals surface area contributed by atoms with Gasteiger partial charge in [0.1, 0.15) is 18.0 Å². The van der Waals surface area contributed by atoms with Crippen molar-refractivity contribution < 1.29 is 23.8 Å². The zero-order chi connectivity index (χ0) is 19.1. The van der Waals surface area contributed by atoms with Crippen molar-refractivity contribution >= 4 is 17.7 Å². The molecule has 0 bridgehead atoms. The predicted octanol–water partition coefficient (Wildman–Crippen LogP) is 3.00. The van der Waals surface area contributed by atoms with Gasteiger partial charge in [0.2, 0.25) is 0 Å². The number of amides is 1. The molecule has 2 aliphatic heterocycles. The number of fused-ring (bicyclic) bond motifs is 2. The summed E-state index contributed by atoms with van der Waals surface area (Å²) in [7, 11) is 0. The lowest BCUT2D eigenvalue weighted by Gasteiger charge is -2.40. The first kappa shape index (κ1) is 18.5. The number of rotatable bonds is 2. The molecule has 26 heavy (non-hydrogen) atoms. The second kappa shape index (κ2) is 6.45. The van der Waals surface area contributed by atoms with Gasteiger partial charge in [0.15, 0.2) is 0 Å². The summed E-state index contributed by atoms with van der Waals surface area (Å²) < 4.78 is 19.3. The molecule has 3 rings (SSSR count). The van der Waals surface area contributed by atoms with Crippen LogP contribution in [-0.4, -0.2) is 53.8 Å². The van der Waals surface area contributed by atoms with Gasteiger partial charge in [0, 0.05) is 30.7 Å². The molecular weight excluding hydrogens is 339 g/mol. The Kier molecular flexibility index (Phi) is 4.58. The maximum absolute atomic E-state index is 13.9. The molecule has 0 radical (unpaired) electrons. The van der Waals surface area contributed by atoms with Crippen molar-refractivity contribution in [3.8, 4) is 0 Å². The third kappa shape index (κ3) is 3.61. The number of carboxylic acid groups (broad SMARTS) is 1. The van der Waals surface area contributed by atoms with Gasteiger partial charge in [-0.3, -0.25) is 4.79 Å². The van der Waals surface area contributed by atoms with Gasteiger partial charge in [-0.2, -0.15) is 0 Å². The first-order valence-corrected chi connectivity index (χ1v) is 8.84. The molecule has 1 fully saturated rings. The summed E-state index contributed by atoms with van der Waals surface area (Å²) in [5.41, 5.74) is 0.751. The molecule has 0 atom stereocenters. The van der Waals surface area contributed by atoms with Gasteiger partial charge in [0.05, 0.1) is 0 Å². The highest BCUT2D eigenvalue weighted by molar-refractivity contribution is 5.77. The number of ether oxygens (including phenoxy) is 1. The number of hydrogen-bond acceptors (Lipinski definition) is 4. The van der Waals surface area contributed by atoms with Crippen LogP contribution in [0.4, 0.5) is 14.9 Å². The van der Waals surface area contributed by atoms with Gasteiger partial charge >= 0.3 is 12.1 Å². The fourth-order valence-corrected chi connectivity index (χ4v) is 3.92. The number of likely N-dealkylation sites (tertiary alicyclic amines) is 1. The van der Waals surface area contributed by atoms with Crippen LogP contribution in [0.25, 0.3) is 0 Å². The second-order valence-electron chi connectivity index (χ2n) is 8.16. The van der Waals surface area contributed by atoms with E-state index in [4.69, 9.17) is 4.74 Å². The third-order valence-corrected chi connectivity index (χ3v) is 5.06. The van der Waals surface area contributed by atoms with Crippen LogP contribution < -0.4 is 4.90 Å². The number of piperidine rings is 1. The van der Waals surface area contributed by atoms with E-state index in [1.54, 1.807) is 15.9 Å². The number of carbonyl (C=O) groups excluding carboxylic acids is 1. The van der Waals surface area contributed by atoms with Gasteiger partial charge in [-0.1, -0.05) is 0 Å². The van der Waals surface area contributed by atoms with Crippen molar-refractivity contribution in [2.45, 2.75) is 44.6 Å². The van der Waals surface area contributed by atoms with Crippen molar-refractivity contribution in [2.75, 3.05) is 31.1 Å². The molecule has 0 aliphatic carbocycles. The minimum absolute atomic E-state index is 0.115. The predicted molar refractivity (Wildman–Crippen MR) is 95.0 cm³/mol. The number of anilines is 1. The van der Waals surface area contributed by atoms with Crippen molar-refractivity contribution in [1.82, 2.24) is 4.90 Å². The minimum Gasteiger partial charge on any atom is -0.480 e. The Balaban J connectivity index is 1.79. The Morgan fingerprint density at radius 1 is 1.27 bits per heavy atom. The Bertz CT molecular complexity index is 721. The molecule has 1 spiro atoms. The fourth-order valence-electron chi connectivity index (χ4n) is 3.92. The first-order chi connectivity index (χ1) is 12.1. The molecule has 0 aromatic heterocycles. The van der Waals surface area contributed by atoms with Crippen LogP contribution in [0, 0.1) is 5.82 Å². The van der Waals surface area contributed by atoms with E-state index >= 15 is 0 Å². The van der Waals surface area contributed by atoms with Crippen LogP contribution in [0.1, 0.15) is 39.2 Å². The van der Waals surface area contributed by atoms with Gasteiger partial charge in [-0.05, 0) is 57.4 Å². The van der Waals surface area contributed by atoms with E-state index in [9.17, 15) is 19.1 Å². The molecule has 2 aliphatic rings. The molecule has 0 saturated carbocycles. The maximum Gasteiger partial charge on any atom is 0.410 e. The molecule has 2 heterocycles. The zero-order valence-electron chi connectivity index (χ0n) is 15.4. The van der Waals surface area contributed by atoms with Crippen LogP contribution >= 0.6 is 0 Å². The number of benzene rings is 1. The molecule has 1 aromatic rings. The molecule has 1 N–H and O–H groups in total. The smallest absolute Gasteiger partial charge is 0.410 e. The highest BCUT2D eigenvalue weighted by atomic mass is 19.1. The summed E-state index contributed by atoms with van der Waals surface area (Å²) in [6.45, 7) is 6.91.